The first-order valence-electron chi connectivity index (χ1n) is 8.36. The third kappa shape index (κ3) is 4.10. The Morgan fingerprint density at radius 1 is 0.960 bits per heavy atom. The summed E-state index contributed by atoms with van der Waals surface area (Å²) < 4.78 is 22.7. The van der Waals surface area contributed by atoms with Crippen LogP contribution in [0.1, 0.15) is 33.6 Å². The molecule has 0 saturated heterocycles. The lowest BCUT2D eigenvalue weighted by atomic mass is 10.1. The zero-order valence-electron chi connectivity index (χ0n) is 15.0. The predicted molar refractivity (Wildman–Crippen MR) is 98.4 cm³/mol. The van der Waals surface area contributed by atoms with Gasteiger partial charge in [-0.15, -0.1) is 0 Å². The standard InChI is InChI=1S/C19H23ClO5/c1-5-8-15(21)25-17-13-10-9-12(20)11-14(13)16(22-4)18(23-6-2)19(17)24-7-3/h9-11H,5-8H2,1-4H3. The monoisotopic (exact) mass is 366 g/mol. The lowest BCUT2D eigenvalue weighted by molar-refractivity contribution is -0.134. The van der Waals surface area contributed by atoms with Crippen LogP contribution in [0.3, 0.4) is 0 Å². The Morgan fingerprint density at radius 3 is 2.16 bits per heavy atom. The molecule has 0 bridgehead atoms. The highest BCUT2D eigenvalue weighted by atomic mass is 35.5. The summed E-state index contributed by atoms with van der Waals surface area (Å²) in [4.78, 5) is 12.1. The molecule has 0 saturated carbocycles. The molecule has 0 radical (unpaired) electrons. The van der Waals surface area contributed by atoms with E-state index in [-0.39, 0.29) is 5.97 Å². The number of methoxy groups -OCH3 is 1. The lowest BCUT2D eigenvalue weighted by Gasteiger charge is -2.20. The van der Waals surface area contributed by atoms with Gasteiger partial charge in [-0.2, -0.15) is 0 Å². The van der Waals surface area contributed by atoms with Crippen molar-refractivity contribution in [2.45, 2.75) is 33.6 Å². The first-order valence-corrected chi connectivity index (χ1v) is 8.74. The molecular formula is C19H23ClO5. The highest BCUT2D eigenvalue weighted by molar-refractivity contribution is 6.31. The number of carbonyl (C=O) groups is 1. The van der Waals surface area contributed by atoms with Crippen molar-refractivity contribution in [3.8, 4) is 23.0 Å². The van der Waals surface area contributed by atoms with Crippen molar-refractivity contribution in [2.24, 2.45) is 0 Å². The van der Waals surface area contributed by atoms with Crippen molar-refractivity contribution >= 4 is 28.3 Å². The Balaban J connectivity index is 2.80. The molecule has 0 unspecified atom stereocenters. The Kier molecular flexibility index (Phi) is 6.76. The van der Waals surface area contributed by atoms with Crippen LogP contribution in [-0.2, 0) is 4.79 Å². The Hall–Kier alpha value is -2.14. The van der Waals surface area contributed by atoms with Gasteiger partial charge < -0.3 is 18.9 Å². The van der Waals surface area contributed by atoms with Gasteiger partial charge in [-0.25, -0.2) is 0 Å². The SMILES string of the molecule is CCCC(=O)Oc1c(OCC)c(OCC)c(OC)c2cc(Cl)ccc12. The van der Waals surface area contributed by atoms with E-state index >= 15 is 0 Å². The molecule has 0 N–H and O–H groups in total. The fourth-order valence-electron chi connectivity index (χ4n) is 2.58. The molecule has 0 aliphatic heterocycles. The van der Waals surface area contributed by atoms with Crippen LogP contribution in [0.15, 0.2) is 18.2 Å². The third-order valence-corrected chi connectivity index (χ3v) is 3.78. The molecule has 5 nitrogen and oxygen atoms in total. The molecule has 2 rings (SSSR count). The van der Waals surface area contributed by atoms with Crippen molar-refractivity contribution in [3.05, 3.63) is 23.2 Å². The van der Waals surface area contributed by atoms with Crippen molar-refractivity contribution in [1.82, 2.24) is 0 Å². The van der Waals surface area contributed by atoms with Gasteiger partial charge in [0.1, 0.15) is 0 Å². The largest absolute Gasteiger partial charge is 0.492 e. The summed E-state index contributed by atoms with van der Waals surface area (Å²) in [5.41, 5.74) is 0. The highest BCUT2D eigenvalue weighted by Crippen LogP contribution is 2.51. The summed E-state index contributed by atoms with van der Waals surface area (Å²) in [5, 5.41) is 1.92. The number of benzene rings is 2. The van der Waals surface area contributed by atoms with E-state index in [2.05, 4.69) is 0 Å². The van der Waals surface area contributed by atoms with Crippen LogP contribution in [0, 0.1) is 0 Å². The number of rotatable bonds is 8. The normalized spacial score (nSPS) is 10.6. The van der Waals surface area contributed by atoms with E-state index in [9.17, 15) is 4.79 Å². The van der Waals surface area contributed by atoms with Crippen LogP contribution in [0.25, 0.3) is 10.8 Å². The molecule has 6 heteroatoms. The van der Waals surface area contributed by atoms with Gasteiger partial charge in [0.15, 0.2) is 11.5 Å². The Morgan fingerprint density at radius 2 is 1.60 bits per heavy atom. The van der Waals surface area contributed by atoms with E-state index in [1.807, 2.05) is 20.8 Å². The van der Waals surface area contributed by atoms with Crippen LogP contribution in [0.4, 0.5) is 0 Å². The van der Waals surface area contributed by atoms with E-state index < -0.39 is 0 Å². The first-order chi connectivity index (χ1) is 12.1. The summed E-state index contributed by atoms with van der Waals surface area (Å²) >= 11 is 6.15. The van der Waals surface area contributed by atoms with Crippen LogP contribution in [0.2, 0.25) is 5.02 Å². The zero-order chi connectivity index (χ0) is 18.4. The van der Waals surface area contributed by atoms with Gasteiger partial charge in [-0.05, 0) is 38.5 Å². The number of hydrogen-bond donors (Lipinski definition) is 0. The fourth-order valence-corrected chi connectivity index (χ4v) is 2.75. The Bertz CT molecular complexity index is 757. The highest BCUT2D eigenvalue weighted by Gasteiger charge is 2.25. The minimum atomic E-state index is -0.327. The van der Waals surface area contributed by atoms with Crippen molar-refractivity contribution in [3.63, 3.8) is 0 Å². The van der Waals surface area contributed by atoms with E-state index in [0.29, 0.717) is 64.8 Å². The number of hydrogen-bond acceptors (Lipinski definition) is 5. The summed E-state index contributed by atoms with van der Waals surface area (Å²) in [6, 6.07) is 5.27. The molecule has 0 aliphatic rings. The van der Waals surface area contributed by atoms with Gasteiger partial charge in [-0.1, -0.05) is 18.5 Å². The third-order valence-electron chi connectivity index (χ3n) is 3.54. The lowest BCUT2D eigenvalue weighted by Crippen LogP contribution is -2.10. The molecule has 0 heterocycles. The summed E-state index contributed by atoms with van der Waals surface area (Å²) in [6.45, 7) is 6.43. The molecule has 0 fully saturated rings. The maximum absolute atomic E-state index is 12.1. The van der Waals surface area contributed by atoms with Crippen molar-refractivity contribution in [2.75, 3.05) is 20.3 Å². The van der Waals surface area contributed by atoms with Gasteiger partial charge >= 0.3 is 5.97 Å². The zero-order valence-corrected chi connectivity index (χ0v) is 15.7. The topological polar surface area (TPSA) is 54.0 Å². The van der Waals surface area contributed by atoms with E-state index in [1.54, 1.807) is 25.3 Å². The second-order valence-electron chi connectivity index (χ2n) is 5.30. The minimum absolute atomic E-state index is 0.316. The quantitative estimate of drug-likeness (QED) is 0.485. The van der Waals surface area contributed by atoms with Crippen LogP contribution >= 0.6 is 11.6 Å². The number of ether oxygens (including phenoxy) is 4. The second kappa shape index (κ2) is 8.81. The van der Waals surface area contributed by atoms with Gasteiger partial charge in [0.05, 0.1) is 20.3 Å². The average molecular weight is 367 g/mol. The molecule has 0 aliphatic carbocycles. The number of carbonyl (C=O) groups excluding carboxylic acids is 1. The van der Waals surface area contributed by atoms with E-state index in [1.165, 1.54) is 0 Å². The first kappa shape index (κ1) is 19.2. The molecule has 0 amide bonds. The molecule has 136 valence electrons. The average Bonchev–Trinajstić information content (AvgIpc) is 2.58. The Labute approximate surface area is 152 Å². The van der Waals surface area contributed by atoms with Gasteiger partial charge in [-0.3, -0.25) is 4.79 Å². The van der Waals surface area contributed by atoms with Crippen molar-refractivity contribution < 1.29 is 23.7 Å². The van der Waals surface area contributed by atoms with Gasteiger partial charge in [0.25, 0.3) is 0 Å². The van der Waals surface area contributed by atoms with Crippen molar-refractivity contribution in [1.29, 1.82) is 0 Å². The maximum Gasteiger partial charge on any atom is 0.311 e. The fraction of sp³-hybridized carbons (Fsp3) is 0.421. The second-order valence-corrected chi connectivity index (χ2v) is 5.74. The van der Waals surface area contributed by atoms with E-state index in [0.717, 1.165) is 0 Å². The number of halogens is 1. The number of esters is 1. The summed E-state index contributed by atoms with van der Waals surface area (Å²) in [6.07, 6.45) is 1.01. The van der Waals surface area contributed by atoms with Gasteiger partial charge in [0, 0.05) is 22.2 Å². The summed E-state index contributed by atoms with van der Waals surface area (Å²) in [5.74, 6) is 1.27. The minimum Gasteiger partial charge on any atom is -0.492 e. The van der Waals surface area contributed by atoms with E-state index in [4.69, 9.17) is 30.5 Å². The van der Waals surface area contributed by atoms with Gasteiger partial charge in [0.2, 0.25) is 11.5 Å². The predicted octanol–water partition coefficient (Wildman–Crippen LogP) is 5.00. The summed E-state index contributed by atoms with van der Waals surface area (Å²) in [7, 11) is 1.55. The van der Waals surface area contributed by atoms with Crippen LogP contribution in [-0.4, -0.2) is 26.3 Å². The molecule has 25 heavy (non-hydrogen) atoms. The van der Waals surface area contributed by atoms with Crippen LogP contribution in [0.5, 0.6) is 23.0 Å². The molecule has 2 aromatic carbocycles. The molecule has 0 aromatic heterocycles. The molecule has 2 aromatic rings. The maximum atomic E-state index is 12.1. The molecule has 0 atom stereocenters. The molecule has 0 spiro atoms. The smallest absolute Gasteiger partial charge is 0.311 e. The van der Waals surface area contributed by atoms with Crippen LogP contribution < -0.4 is 18.9 Å². The number of fused-ring (bicyclic) bond motifs is 1. The molecular weight excluding hydrogens is 344 g/mol.